The summed E-state index contributed by atoms with van der Waals surface area (Å²) in [5, 5.41) is 0. The fraction of sp³-hybridized carbons (Fsp3) is 0.571. The van der Waals surface area contributed by atoms with E-state index in [1.54, 1.807) is 0 Å². The van der Waals surface area contributed by atoms with Crippen molar-refractivity contribution in [3.8, 4) is 5.75 Å². The number of nitrogens with zero attached hydrogens (tertiary/aromatic N) is 1. The molecule has 1 aromatic rings. The molecule has 0 aromatic heterocycles. The SMILES string of the molecule is Cc1cc2c(cc1N1CCOCC1)OCC2C. The zero-order chi connectivity index (χ0) is 11.8. The van der Waals surface area contributed by atoms with Gasteiger partial charge in [-0.2, -0.15) is 0 Å². The average molecular weight is 233 g/mol. The Morgan fingerprint density at radius 3 is 2.76 bits per heavy atom. The second-order valence-electron chi connectivity index (χ2n) is 4.99. The van der Waals surface area contributed by atoms with Gasteiger partial charge < -0.3 is 14.4 Å². The second-order valence-corrected chi connectivity index (χ2v) is 4.99. The molecule has 0 amide bonds. The van der Waals surface area contributed by atoms with E-state index in [-0.39, 0.29) is 0 Å². The Kier molecular flexibility index (Phi) is 2.71. The molecule has 92 valence electrons. The lowest BCUT2D eigenvalue weighted by atomic mass is 10.00. The Bertz CT molecular complexity index is 424. The van der Waals surface area contributed by atoms with Crippen LogP contribution in [0.5, 0.6) is 5.75 Å². The molecule has 3 rings (SSSR count). The summed E-state index contributed by atoms with van der Waals surface area (Å²) in [6, 6.07) is 4.50. The largest absolute Gasteiger partial charge is 0.493 e. The monoisotopic (exact) mass is 233 g/mol. The van der Waals surface area contributed by atoms with Gasteiger partial charge in [0.25, 0.3) is 0 Å². The minimum absolute atomic E-state index is 0.530. The summed E-state index contributed by atoms with van der Waals surface area (Å²) in [5.41, 5.74) is 4.02. The third-order valence-corrected chi connectivity index (χ3v) is 3.70. The zero-order valence-electron chi connectivity index (χ0n) is 10.5. The number of fused-ring (bicyclic) bond motifs is 1. The topological polar surface area (TPSA) is 21.7 Å². The smallest absolute Gasteiger partial charge is 0.124 e. The van der Waals surface area contributed by atoms with Crippen LogP contribution in [0.2, 0.25) is 0 Å². The van der Waals surface area contributed by atoms with Gasteiger partial charge in [-0.1, -0.05) is 6.92 Å². The molecule has 0 radical (unpaired) electrons. The van der Waals surface area contributed by atoms with Crippen molar-refractivity contribution in [1.29, 1.82) is 0 Å². The Morgan fingerprint density at radius 2 is 2.00 bits per heavy atom. The van der Waals surface area contributed by atoms with Crippen LogP contribution in [0, 0.1) is 6.92 Å². The fourth-order valence-electron chi connectivity index (χ4n) is 2.66. The first-order valence-electron chi connectivity index (χ1n) is 6.36. The molecular weight excluding hydrogens is 214 g/mol. The van der Waals surface area contributed by atoms with Gasteiger partial charge in [-0.25, -0.2) is 0 Å². The van der Waals surface area contributed by atoms with E-state index in [0.29, 0.717) is 5.92 Å². The molecule has 0 bridgehead atoms. The van der Waals surface area contributed by atoms with Crippen LogP contribution >= 0.6 is 0 Å². The van der Waals surface area contributed by atoms with Crippen LogP contribution in [0.3, 0.4) is 0 Å². The Hall–Kier alpha value is -1.22. The van der Waals surface area contributed by atoms with Crippen LogP contribution in [0.4, 0.5) is 5.69 Å². The number of ether oxygens (including phenoxy) is 2. The maximum Gasteiger partial charge on any atom is 0.124 e. The van der Waals surface area contributed by atoms with Crippen molar-refractivity contribution >= 4 is 5.69 Å². The molecule has 1 fully saturated rings. The predicted octanol–water partition coefficient (Wildman–Crippen LogP) is 2.33. The van der Waals surface area contributed by atoms with Crippen molar-refractivity contribution in [2.75, 3.05) is 37.8 Å². The first kappa shape index (κ1) is 10.9. The number of benzene rings is 1. The summed E-state index contributed by atoms with van der Waals surface area (Å²) in [6.45, 7) is 8.85. The maximum absolute atomic E-state index is 5.74. The summed E-state index contributed by atoms with van der Waals surface area (Å²) in [7, 11) is 0. The molecule has 1 unspecified atom stereocenters. The van der Waals surface area contributed by atoms with E-state index in [1.807, 2.05) is 0 Å². The van der Waals surface area contributed by atoms with Crippen LogP contribution in [0.1, 0.15) is 24.0 Å². The highest BCUT2D eigenvalue weighted by atomic mass is 16.5. The van der Waals surface area contributed by atoms with E-state index >= 15 is 0 Å². The highest BCUT2D eigenvalue weighted by Crippen LogP contribution is 2.38. The van der Waals surface area contributed by atoms with Crippen LogP contribution in [-0.4, -0.2) is 32.9 Å². The summed E-state index contributed by atoms with van der Waals surface area (Å²) in [4.78, 5) is 2.39. The van der Waals surface area contributed by atoms with Crippen molar-refractivity contribution in [2.24, 2.45) is 0 Å². The van der Waals surface area contributed by atoms with Crippen molar-refractivity contribution in [3.63, 3.8) is 0 Å². The minimum Gasteiger partial charge on any atom is -0.493 e. The molecule has 0 saturated carbocycles. The number of morpholine rings is 1. The fourth-order valence-corrected chi connectivity index (χ4v) is 2.66. The number of anilines is 1. The third-order valence-electron chi connectivity index (χ3n) is 3.70. The van der Waals surface area contributed by atoms with Gasteiger partial charge in [0.1, 0.15) is 5.75 Å². The molecule has 1 atom stereocenters. The van der Waals surface area contributed by atoms with Crippen molar-refractivity contribution in [2.45, 2.75) is 19.8 Å². The molecule has 3 nitrogen and oxygen atoms in total. The highest BCUT2D eigenvalue weighted by molar-refractivity contribution is 5.61. The predicted molar refractivity (Wildman–Crippen MR) is 68.1 cm³/mol. The van der Waals surface area contributed by atoms with Crippen molar-refractivity contribution in [3.05, 3.63) is 23.3 Å². The van der Waals surface area contributed by atoms with Gasteiger partial charge >= 0.3 is 0 Å². The normalized spacial score (nSPS) is 23.4. The summed E-state index contributed by atoms with van der Waals surface area (Å²) in [5.74, 6) is 1.60. The molecule has 1 aromatic carbocycles. The first-order valence-corrected chi connectivity index (χ1v) is 6.36. The van der Waals surface area contributed by atoms with Gasteiger partial charge in [-0.05, 0) is 18.6 Å². The second kappa shape index (κ2) is 4.22. The minimum atomic E-state index is 0.530. The Labute approximate surface area is 102 Å². The van der Waals surface area contributed by atoms with Crippen LogP contribution in [-0.2, 0) is 4.74 Å². The van der Waals surface area contributed by atoms with E-state index < -0.39 is 0 Å². The Morgan fingerprint density at radius 1 is 1.24 bits per heavy atom. The number of rotatable bonds is 1. The third kappa shape index (κ3) is 1.89. The molecule has 0 aliphatic carbocycles. The standard InChI is InChI=1S/C14H19NO2/c1-10-7-12-11(2)9-17-14(12)8-13(10)15-3-5-16-6-4-15/h7-8,11H,3-6,9H2,1-2H3. The molecule has 1 saturated heterocycles. The summed E-state index contributed by atoms with van der Waals surface area (Å²) >= 11 is 0. The molecule has 0 N–H and O–H groups in total. The number of hydrogen-bond acceptors (Lipinski definition) is 3. The van der Waals surface area contributed by atoms with Crippen molar-refractivity contribution < 1.29 is 9.47 Å². The molecule has 2 heterocycles. The molecule has 0 spiro atoms. The lowest BCUT2D eigenvalue weighted by Crippen LogP contribution is -2.36. The number of hydrogen-bond donors (Lipinski definition) is 0. The summed E-state index contributed by atoms with van der Waals surface area (Å²) in [6.07, 6.45) is 0. The molecule has 17 heavy (non-hydrogen) atoms. The maximum atomic E-state index is 5.74. The van der Waals surface area contributed by atoms with E-state index in [2.05, 4.69) is 30.9 Å². The first-order chi connectivity index (χ1) is 8.25. The average Bonchev–Trinajstić information content (AvgIpc) is 2.71. The lowest BCUT2D eigenvalue weighted by Gasteiger charge is -2.30. The van der Waals surface area contributed by atoms with E-state index in [4.69, 9.17) is 9.47 Å². The molecule has 2 aliphatic rings. The zero-order valence-corrected chi connectivity index (χ0v) is 10.5. The van der Waals surface area contributed by atoms with Gasteiger partial charge in [-0.15, -0.1) is 0 Å². The van der Waals surface area contributed by atoms with Gasteiger partial charge in [0.2, 0.25) is 0 Å². The highest BCUT2D eigenvalue weighted by Gasteiger charge is 2.23. The van der Waals surface area contributed by atoms with Crippen LogP contribution in [0.15, 0.2) is 12.1 Å². The van der Waals surface area contributed by atoms with E-state index in [0.717, 1.165) is 38.7 Å². The Balaban J connectivity index is 1.95. The molecule has 2 aliphatic heterocycles. The van der Waals surface area contributed by atoms with E-state index in [1.165, 1.54) is 16.8 Å². The van der Waals surface area contributed by atoms with Gasteiger partial charge in [-0.3, -0.25) is 0 Å². The van der Waals surface area contributed by atoms with Crippen LogP contribution in [0.25, 0.3) is 0 Å². The van der Waals surface area contributed by atoms with Gasteiger partial charge in [0, 0.05) is 36.3 Å². The van der Waals surface area contributed by atoms with Gasteiger partial charge in [0.15, 0.2) is 0 Å². The van der Waals surface area contributed by atoms with Crippen LogP contribution < -0.4 is 9.64 Å². The lowest BCUT2D eigenvalue weighted by molar-refractivity contribution is 0.122. The van der Waals surface area contributed by atoms with Crippen molar-refractivity contribution in [1.82, 2.24) is 0 Å². The summed E-state index contributed by atoms with van der Waals surface area (Å²) < 4.78 is 11.1. The van der Waals surface area contributed by atoms with Gasteiger partial charge in [0.05, 0.1) is 19.8 Å². The molecular formula is C14H19NO2. The quantitative estimate of drug-likeness (QED) is 0.743. The van der Waals surface area contributed by atoms with E-state index in [9.17, 15) is 0 Å². The number of aryl methyl sites for hydroxylation is 1. The molecule has 3 heteroatoms.